The molecule has 0 aromatic heterocycles. The predicted molar refractivity (Wildman–Crippen MR) is 104 cm³/mol. The number of hydrogen-bond donors (Lipinski definition) is 4. The van der Waals surface area contributed by atoms with Crippen molar-refractivity contribution < 1.29 is 19.5 Å². The molecule has 3 rings (SSSR count). The third-order valence-corrected chi connectivity index (χ3v) is 5.31. The van der Waals surface area contributed by atoms with Gasteiger partial charge < -0.3 is 10.4 Å². The van der Waals surface area contributed by atoms with E-state index in [1.165, 1.54) is 4.90 Å². The molecule has 2 aliphatic heterocycles. The average Bonchev–Trinajstić information content (AvgIpc) is 2.67. The van der Waals surface area contributed by atoms with Crippen LogP contribution in [-0.2, 0) is 9.59 Å². The highest BCUT2D eigenvalue weighted by molar-refractivity contribution is 6.12. The van der Waals surface area contributed by atoms with Gasteiger partial charge in [0, 0.05) is 31.3 Å². The van der Waals surface area contributed by atoms with E-state index in [0.717, 1.165) is 37.2 Å². The molecule has 0 unspecified atom stereocenters. The van der Waals surface area contributed by atoms with Crippen molar-refractivity contribution in [3.63, 3.8) is 0 Å². The van der Waals surface area contributed by atoms with Gasteiger partial charge in [-0.1, -0.05) is 6.07 Å². The van der Waals surface area contributed by atoms with Crippen LogP contribution in [0.15, 0.2) is 18.2 Å². The normalized spacial score (nSPS) is 18.7. The summed E-state index contributed by atoms with van der Waals surface area (Å²) in [5.74, 6) is -0.747. The maximum Gasteiger partial charge on any atom is 0.329 e. The molecule has 2 saturated heterocycles. The number of carboxylic acid groups (broad SMARTS) is 1. The SMILES string of the molecule is CNc1cc(C2CCN(CC(=O)O)CC2)ccc1C(=N)N1CCC(=O)NC1=O. The van der Waals surface area contributed by atoms with Crippen molar-refractivity contribution >= 4 is 29.4 Å². The Balaban J connectivity index is 1.72. The highest BCUT2D eigenvalue weighted by atomic mass is 16.4. The molecule has 2 heterocycles. The first kappa shape index (κ1) is 19.8. The highest BCUT2D eigenvalue weighted by Crippen LogP contribution is 2.31. The van der Waals surface area contributed by atoms with E-state index in [2.05, 4.69) is 10.6 Å². The summed E-state index contributed by atoms with van der Waals surface area (Å²) < 4.78 is 0. The second-order valence-electron chi connectivity index (χ2n) is 7.10. The van der Waals surface area contributed by atoms with E-state index in [9.17, 15) is 14.4 Å². The number of amides is 3. The van der Waals surface area contributed by atoms with Gasteiger partial charge in [-0.15, -0.1) is 0 Å². The Kier molecular flexibility index (Phi) is 5.93. The Hall–Kier alpha value is -2.94. The minimum atomic E-state index is -0.803. The number of rotatable bonds is 5. The van der Waals surface area contributed by atoms with Crippen molar-refractivity contribution in [1.29, 1.82) is 5.41 Å². The Labute approximate surface area is 163 Å². The van der Waals surface area contributed by atoms with E-state index in [-0.39, 0.29) is 31.3 Å². The fourth-order valence-electron chi connectivity index (χ4n) is 3.77. The lowest BCUT2D eigenvalue weighted by Gasteiger charge is -2.31. The summed E-state index contributed by atoms with van der Waals surface area (Å²) in [6, 6.07) is 5.22. The topological polar surface area (TPSA) is 126 Å². The fourth-order valence-corrected chi connectivity index (χ4v) is 3.77. The summed E-state index contributed by atoms with van der Waals surface area (Å²) >= 11 is 0. The lowest BCUT2D eigenvalue weighted by molar-refractivity contribution is -0.138. The first-order valence-corrected chi connectivity index (χ1v) is 9.35. The molecule has 1 aromatic carbocycles. The van der Waals surface area contributed by atoms with Crippen LogP contribution < -0.4 is 10.6 Å². The smallest absolute Gasteiger partial charge is 0.329 e. The summed E-state index contributed by atoms with van der Waals surface area (Å²) in [5, 5.41) is 22.7. The second kappa shape index (κ2) is 8.39. The molecule has 0 aliphatic carbocycles. The van der Waals surface area contributed by atoms with Gasteiger partial charge in [0.2, 0.25) is 5.91 Å². The first-order chi connectivity index (χ1) is 13.4. The molecule has 4 N–H and O–H groups in total. The summed E-state index contributed by atoms with van der Waals surface area (Å²) in [6.07, 6.45) is 1.93. The van der Waals surface area contributed by atoms with Crippen molar-refractivity contribution in [1.82, 2.24) is 15.1 Å². The third-order valence-electron chi connectivity index (χ3n) is 5.31. The summed E-state index contributed by atoms with van der Waals surface area (Å²) in [7, 11) is 1.77. The number of hydrogen-bond acceptors (Lipinski definition) is 6. The third kappa shape index (κ3) is 4.30. The number of nitrogens with zero attached hydrogens (tertiary/aromatic N) is 2. The van der Waals surface area contributed by atoms with Gasteiger partial charge in [0.15, 0.2) is 0 Å². The van der Waals surface area contributed by atoms with Gasteiger partial charge >= 0.3 is 12.0 Å². The zero-order valence-corrected chi connectivity index (χ0v) is 15.8. The van der Waals surface area contributed by atoms with Crippen LogP contribution >= 0.6 is 0 Å². The van der Waals surface area contributed by atoms with E-state index >= 15 is 0 Å². The first-order valence-electron chi connectivity index (χ1n) is 9.35. The minimum Gasteiger partial charge on any atom is -0.480 e. The second-order valence-corrected chi connectivity index (χ2v) is 7.10. The van der Waals surface area contributed by atoms with Crippen molar-refractivity contribution in [2.75, 3.05) is 38.5 Å². The maximum absolute atomic E-state index is 12.0. The lowest BCUT2D eigenvalue weighted by atomic mass is 9.88. The molecule has 3 amide bonds. The number of carbonyl (C=O) groups excluding carboxylic acids is 2. The molecular weight excluding hydrogens is 362 g/mol. The average molecular weight is 387 g/mol. The molecule has 2 fully saturated rings. The summed E-state index contributed by atoms with van der Waals surface area (Å²) in [6.45, 7) is 1.75. The maximum atomic E-state index is 12.0. The number of benzene rings is 1. The van der Waals surface area contributed by atoms with Gasteiger partial charge in [0.1, 0.15) is 5.84 Å². The molecule has 2 aliphatic rings. The van der Waals surface area contributed by atoms with Gasteiger partial charge in [-0.25, -0.2) is 4.79 Å². The molecule has 9 heteroatoms. The van der Waals surface area contributed by atoms with Gasteiger partial charge in [-0.05, 0) is 49.5 Å². The molecule has 1 aromatic rings. The summed E-state index contributed by atoms with van der Waals surface area (Å²) in [5.41, 5.74) is 2.48. The van der Waals surface area contributed by atoms with Crippen LogP contribution in [0.25, 0.3) is 0 Å². The fraction of sp³-hybridized carbons (Fsp3) is 0.474. The molecule has 9 nitrogen and oxygen atoms in total. The predicted octanol–water partition coefficient (Wildman–Crippen LogP) is 1.26. The number of urea groups is 1. The number of amidine groups is 1. The van der Waals surface area contributed by atoms with Crippen molar-refractivity contribution in [3.8, 4) is 0 Å². The van der Waals surface area contributed by atoms with Crippen LogP contribution in [0.1, 0.15) is 36.3 Å². The minimum absolute atomic E-state index is 0.0529. The van der Waals surface area contributed by atoms with Crippen LogP contribution in [0.4, 0.5) is 10.5 Å². The van der Waals surface area contributed by atoms with E-state index < -0.39 is 12.0 Å². The molecule has 0 spiro atoms. The molecule has 0 saturated carbocycles. The lowest BCUT2D eigenvalue weighted by Crippen LogP contribution is -2.52. The number of carboxylic acids is 1. The van der Waals surface area contributed by atoms with Crippen LogP contribution in [0, 0.1) is 5.41 Å². The number of piperidine rings is 1. The molecule has 150 valence electrons. The molecule has 0 radical (unpaired) electrons. The van der Waals surface area contributed by atoms with Crippen LogP contribution in [0.3, 0.4) is 0 Å². The van der Waals surface area contributed by atoms with Crippen LogP contribution in [0.2, 0.25) is 0 Å². The Morgan fingerprint density at radius 3 is 2.61 bits per heavy atom. The van der Waals surface area contributed by atoms with E-state index in [0.29, 0.717) is 11.5 Å². The largest absolute Gasteiger partial charge is 0.480 e. The van der Waals surface area contributed by atoms with Crippen molar-refractivity contribution in [3.05, 3.63) is 29.3 Å². The van der Waals surface area contributed by atoms with Gasteiger partial charge in [0.25, 0.3) is 0 Å². The molecule has 0 bridgehead atoms. The van der Waals surface area contributed by atoms with Crippen LogP contribution in [0.5, 0.6) is 0 Å². The number of aliphatic carboxylic acids is 1. The standard InChI is InChI=1S/C19H25N5O4/c1-21-15-10-13(12-4-7-23(8-5-12)11-17(26)27)2-3-14(15)18(20)24-9-6-16(25)22-19(24)28/h2-3,10,12,20-21H,4-9,11H2,1H3,(H,26,27)(H,22,25,28). The Morgan fingerprint density at radius 1 is 1.29 bits per heavy atom. The zero-order valence-electron chi connectivity index (χ0n) is 15.8. The quantitative estimate of drug-likeness (QED) is 0.445. The van der Waals surface area contributed by atoms with E-state index in [1.807, 2.05) is 23.1 Å². The molecule has 0 atom stereocenters. The van der Waals surface area contributed by atoms with Gasteiger partial charge in [-0.2, -0.15) is 0 Å². The number of imide groups is 1. The number of carbonyl (C=O) groups is 3. The Bertz CT molecular complexity index is 802. The van der Waals surface area contributed by atoms with E-state index in [4.69, 9.17) is 10.5 Å². The zero-order chi connectivity index (χ0) is 20.3. The Morgan fingerprint density at radius 2 is 2.00 bits per heavy atom. The molecule has 28 heavy (non-hydrogen) atoms. The number of likely N-dealkylation sites (tertiary alicyclic amines) is 1. The van der Waals surface area contributed by atoms with Gasteiger partial charge in [-0.3, -0.25) is 30.1 Å². The van der Waals surface area contributed by atoms with Crippen molar-refractivity contribution in [2.45, 2.75) is 25.2 Å². The van der Waals surface area contributed by atoms with Crippen molar-refractivity contribution in [2.24, 2.45) is 0 Å². The number of anilines is 1. The molecular formula is C19H25N5O4. The van der Waals surface area contributed by atoms with E-state index in [1.54, 1.807) is 7.05 Å². The van der Waals surface area contributed by atoms with Crippen LogP contribution in [-0.4, -0.2) is 71.9 Å². The summed E-state index contributed by atoms with van der Waals surface area (Å²) in [4.78, 5) is 37.4. The monoisotopic (exact) mass is 387 g/mol. The highest BCUT2D eigenvalue weighted by Gasteiger charge is 2.28. The van der Waals surface area contributed by atoms with Gasteiger partial charge in [0.05, 0.1) is 6.54 Å². The number of nitrogens with one attached hydrogen (secondary N) is 3.